The molecule has 2 aromatic carbocycles. The van der Waals surface area contributed by atoms with Crippen molar-refractivity contribution in [1.29, 1.82) is 0 Å². The van der Waals surface area contributed by atoms with Crippen LogP contribution in [0.3, 0.4) is 0 Å². The third-order valence-electron chi connectivity index (χ3n) is 10.5. The summed E-state index contributed by atoms with van der Waals surface area (Å²) in [5.41, 5.74) is -0.457. The van der Waals surface area contributed by atoms with Gasteiger partial charge in [0.15, 0.2) is 5.75 Å². The topological polar surface area (TPSA) is 239 Å². The van der Waals surface area contributed by atoms with Gasteiger partial charge in [-0.3, -0.25) is 19.2 Å². The Labute approximate surface area is 329 Å². The minimum absolute atomic E-state index is 0.00726. The van der Waals surface area contributed by atoms with Gasteiger partial charge in [0.2, 0.25) is 0 Å². The number of thioether (sulfide) groups is 1. The molecule has 56 heavy (non-hydrogen) atoms. The fourth-order valence-corrected chi connectivity index (χ4v) is 8.09. The second-order valence-electron chi connectivity index (χ2n) is 14.5. The number of aliphatic carboxylic acids is 1. The number of benzene rings is 2. The summed E-state index contributed by atoms with van der Waals surface area (Å²) in [5.74, 6) is -10.1. The highest BCUT2D eigenvalue weighted by Crippen LogP contribution is 2.57. The maximum atomic E-state index is 14.3. The van der Waals surface area contributed by atoms with Crippen molar-refractivity contribution >= 4 is 51.9 Å². The number of allylic oxidation sites excluding steroid dienone is 2. The molecular formula is C40H51NO14S. The van der Waals surface area contributed by atoms with Crippen LogP contribution in [0.4, 0.5) is 5.69 Å². The molecule has 7 N–H and O–H groups in total. The highest BCUT2D eigenvalue weighted by Gasteiger charge is 2.50. The van der Waals surface area contributed by atoms with Gasteiger partial charge < -0.3 is 54.9 Å². The number of anilines is 1. The number of phenols is 3. The van der Waals surface area contributed by atoms with Crippen molar-refractivity contribution in [3.8, 4) is 23.0 Å². The molecule has 9 unspecified atom stereocenters. The number of ketones is 1. The fourth-order valence-electron chi connectivity index (χ4n) is 7.08. The lowest BCUT2D eigenvalue weighted by atomic mass is 9.78. The number of ether oxygens (including phenoxy) is 4. The predicted octanol–water partition coefficient (Wildman–Crippen LogP) is 5.32. The van der Waals surface area contributed by atoms with Crippen molar-refractivity contribution in [2.45, 2.75) is 96.9 Å². The number of methoxy groups -OCH3 is 1. The molecule has 2 aromatic rings. The number of phenolic OH excluding ortho intramolecular Hbond substituents is 3. The number of fused-ring (bicyclic) bond motifs is 14. The normalized spacial score (nSPS) is 30.9. The Hall–Kier alpha value is -4.77. The van der Waals surface area contributed by atoms with Gasteiger partial charge in [-0.25, -0.2) is 0 Å². The number of carboxylic acids is 1. The maximum Gasteiger partial charge on any atom is 0.312 e. The number of carboxylic acid groups (broad SMARTS) is 1. The zero-order chi connectivity index (χ0) is 42.0. The lowest BCUT2D eigenvalue weighted by Crippen LogP contribution is -2.46. The van der Waals surface area contributed by atoms with Crippen LogP contribution in [0.1, 0.15) is 70.8 Å². The van der Waals surface area contributed by atoms with E-state index in [1.165, 1.54) is 53.0 Å². The third-order valence-corrected chi connectivity index (χ3v) is 11.6. The number of Topliss-reactive ketones (excluding diaryl/α,β-unsaturated/α-hetero) is 1. The highest BCUT2D eigenvalue weighted by molar-refractivity contribution is 7.99. The van der Waals surface area contributed by atoms with Gasteiger partial charge in [0.25, 0.3) is 11.7 Å². The average Bonchev–Trinajstić information content (AvgIpc) is 3.41. The van der Waals surface area contributed by atoms with E-state index in [2.05, 4.69) is 5.32 Å². The van der Waals surface area contributed by atoms with Gasteiger partial charge in [0, 0.05) is 66.9 Å². The Balaban J connectivity index is 1.96. The number of aromatic hydroxyl groups is 3. The quantitative estimate of drug-likeness (QED) is 0.0847. The molecule has 0 aromatic heterocycles. The van der Waals surface area contributed by atoms with Gasteiger partial charge in [-0.05, 0) is 19.9 Å². The number of esters is 1. The van der Waals surface area contributed by atoms with E-state index in [1.807, 2.05) is 0 Å². The maximum absolute atomic E-state index is 14.3. The summed E-state index contributed by atoms with van der Waals surface area (Å²) in [5, 5.41) is 68.8. The summed E-state index contributed by atoms with van der Waals surface area (Å²) in [4.78, 5) is 51.3. The standard InChI is InChI=1S/C40H51NO14S/c1-17-11-10-12-18(2)39(51)41-29-33(48)27-26(34(49)37(29)56-16-14-25(43)44)28-36(22(6)32(27)47)55-40(8,38(28)50)53-15-13-24(52-9)19(3)35(54-23(7)42)21(5)31(46)20(4)30(17)45/h10-13,15,17,19-21,24,30-31,35,45-49H,14,16H2,1-9H3,(H,41,51)(H,43,44)/b11-10-,15-13-,18-12+. The number of hydrogen-bond donors (Lipinski definition) is 7. The van der Waals surface area contributed by atoms with Gasteiger partial charge in [-0.15, -0.1) is 11.8 Å². The Bertz CT molecular complexity index is 1970. The number of amides is 1. The molecule has 0 aliphatic carbocycles. The molecule has 15 nitrogen and oxygen atoms in total. The van der Waals surface area contributed by atoms with Crippen LogP contribution in [0.2, 0.25) is 0 Å². The number of carbonyl (C=O) groups is 4. The van der Waals surface area contributed by atoms with Crippen LogP contribution in [-0.2, 0) is 28.6 Å². The summed E-state index contributed by atoms with van der Waals surface area (Å²) in [7, 11) is 1.41. The van der Waals surface area contributed by atoms with Crippen molar-refractivity contribution in [3.63, 3.8) is 0 Å². The minimum atomic E-state index is -2.08. The molecule has 306 valence electrons. The Morgan fingerprint density at radius 3 is 2.21 bits per heavy atom. The number of nitrogens with one attached hydrogen (secondary N) is 1. The van der Waals surface area contributed by atoms with Gasteiger partial charge in [0.05, 0.1) is 46.8 Å². The first-order valence-corrected chi connectivity index (χ1v) is 19.1. The SMILES string of the molecule is COC1/C=C\OC2(C)Oc3c(C)c(O)c4c(O)c(c(SCCC(=O)O)c(O)c4c3C2=O)NC(=O)/C(C)=C/C=C\C(C)C(O)C(C)C(O)C(C)C(OC(C)=O)C1C. The first kappa shape index (κ1) is 44.0. The number of carbonyl (C=O) groups excluding carboxylic acids is 3. The minimum Gasteiger partial charge on any atom is -0.507 e. The lowest BCUT2D eigenvalue weighted by Gasteiger charge is -2.38. The summed E-state index contributed by atoms with van der Waals surface area (Å²) in [6, 6.07) is 0. The molecule has 1 amide bonds. The molecule has 0 saturated heterocycles. The van der Waals surface area contributed by atoms with Crippen molar-refractivity contribution in [2.75, 3.05) is 18.2 Å². The molecule has 0 saturated carbocycles. The van der Waals surface area contributed by atoms with Crippen LogP contribution < -0.4 is 10.1 Å². The molecular weight excluding hydrogens is 750 g/mol. The summed E-state index contributed by atoms with van der Waals surface area (Å²) in [6.45, 7) is 12.2. The molecule has 16 heteroatoms. The van der Waals surface area contributed by atoms with E-state index in [1.54, 1.807) is 33.8 Å². The van der Waals surface area contributed by atoms with Crippen molar-refractivity contribution in [3.05, 3.63) is 47.3 Å². The van der Waals surface area contributed by atoms with E-state index in [0.29, 0.717) is 0 Å². The average molecular weight is 802 g/mol. The van der Waals surface area contributed by atoms with Crippen LogP contribution in [-0.4, -0.2) is 97.3 Å². The number of rotatable bonds is 6. The van der Waals surface area contributed by atoms with Gasteiger partial charge in [0.1, 0.15) is 29.0 Å². The molecule has 9 atom stereocenters. The van der Waals surface area contributed by atoms with Crippen LogP contribution in [0.5, 0.6) is 23.0 Å². The molecule has 0 radical (unpaired) electrons. The fraction of sp³-hybridized carbons (Fsp3) is 0.500. The Morgan fingerprint density at radius 2 is 1.61 bits per heavy atom. The second kappa shape index (κ2) is 17.6. The van der Waals surface area contributed by atoms with Gasteiger partial charge >= 0.3 is 17.7 Å². The molecule has 3 heterocycles. The Kier molecular flexibility index (Phi) is 13.8. The van der Waals surface area contributed by atoms with Gasteiger partial charge in [-0.2, -0.15) is 0 Å². The zero-order valence-electron chi connectivity index (χ0n) is 32.8. The number of hydrogen-bond acceptors (Lipinski definition) is 14. The first-order valence-electron chi connectivity index (χ1n) is 18.1. The van der Waals surface area contributed by atoms with Crippen LogP contribution >= 0.6 is 11.8 Å². The molecule has 3 aliphatic heterocycles. The monoisotopic (exact) mass is 801 g/mol. The van der Waals surface area contributed by atoms with E-state index < -0.39 is 94.8 Å². The van der Waals surface area contributed by atoms with E-state index in [-0.39, 0.29) is 56.0 Å². The van der Waals surface area contributed by atoms with Crippen molar-refractivity contribution in [1.82, 2.24) is 0 Å². The Morgan fingerprint density at radius 1 is 0.946 bits per heavy atom. The summed E-state index contributed by atoms with van der Waals surface area (Å²) in [6.07, 6.45) is 2.89. The van der Waals surface area contributed by atoms with E-state index >= 15 is 0 Å². The van der Waals surface area contributed by atoms with E-state index in [0.717, 1.165) is 18.0 Å². The third kappa shape index (κ3) is 8.62. The second-order valence-corrected chi connectivity index (χ2v) is 15.6. The molecule has 0 spiro atoms. The first-order chi connectivity index (χ1) is 26.2. The summed E-state index contributed by atoms with van der Waals surface area (Å²) < 4.78 is 23.3. The van der Waals surface area contributed by atoms with Crippen LogP contribution in [0.15, 0.2) is 41.0 Å². The smallest absolute Gasteiger partial charge is 0.312 e. The van der Waals surface area contributed by atoms with E-state index in [9.17, 15) is 49.8 Å². The number of aliphatic hydroxyl groups excluding tert-OH is 2. The van der Waals surface area contributed by atoms with Gasteiger partial charge in [-0.1, -0.05) is 45.9 Å². The zero-order valence-corrected chi connectivity index (χ0v) is 33.6. The number of aliphatic hydroxyl groups is 2. The highest BCUT2D eigenvalue weighted by atomic mass is 32.2. The molecule has 3 aliphatic rings. The van der Waals surface area contributed by atoms with Crippen molar-refractivity contribution in [2.24, 2.45) is 23.7 Å². The van der Waals surface area contributed by atoms with Crippen LogP contribution in [0, 0.1) is 30.6 Å². The molecule has 5 rings (SSSR count). The van der Waals surface area contributed by atoms with Crippen molar-refractivity contribution < 1.29 is 68.8 Å². The van der Waals surface area contributed by atoms with E-state index in [4.69, 9.17) is 18.9 Å². The predicted molar refractivity (Wildman–Crippen MR) is 207 cm³/mol. The van der Waals surface area contributed by atoms with Crippen LogP contribution in [0.25, 0.3) is 10.8 Å². The largest absolute Gasteiger partial charge is 0.507 e. The lowest BCUT2D eigenvalue weighted by molar-refractivity contribution is -0.160. The molecule has 5 bridgehead atoms. The summed E-state index contributed by atoms with van der Waals surface area (Å²) >= 11 is 0.794. The molecule has 0 fully saturated rings.